The number of ether oxygens (including phenoxy) is 4. The maximum absolute atomic E-state index is 12.4. The molecule has 0 aromatic rings. The number of esters is 3. The molecule has 2 bridgehead atoms. The summed E-state index contributed by atoms with van der Waals surface area (Å²) in [6.45, 7) is 16.1. The van der Waals surface area contributed by atoms with Crippen LogP contribution in [-0.2, 0) is 33.3 Å². The highest BCUT2D eigenvalue weighted by Crippen LogP contribution is 2.63. The number of epoxide rings is 1. The van der Waals surface area contributed by atoms with Crippen LogP contribution in [-0.4, -0.2) is 47.9 Å². The van der Waals surface area contributed by atoms with Gasteiger partial charge < -0.3 is 18.9 Å². The summed E-state index contributed by atoms with van der Waals surface area (Å²) in [5.41, 5.74) is 0.289. The smallest absolute Gasteiger partial charge is 0.305 e. The molecular formula is C28H42O7. The number of carbonyl (C=O) groups excluding carboxylic acids is 3. The van der Waals surface area contributed by atoms with Crippen LogP contribution in [0.15, 0.2) is 12.2 Å². The summed E-state index contributed by atoms with van der Waals surface area (Å²) in [5.74, 6) is -0.236. The Hall–Kier alpha value is -1.89. The van der Waals surface area contributed by atoms with Crippen LogP contribution >= 0.6 is 0 Å². The molecule has 0 spiro atoms. The van der Waals surface area contributed by atoms with Crippen molar-refractivity contribution in [1.82, 2.24) is 0 Å². The molecule has 35 heavy (non-hydrogen) atoms. The molecule has 0 amide bonds. The number of rotatable bonds is 5. The van der Waals surface area contributed by atoms with Gasteiger partial charge in [-0.2, -0.15) is 0 Å². The molecule has 4 aliphatic rings. The molecule has 1 heterocycles. The van der Waals surface area contributed by atoms with Gasteiger partial charge in [0.1, 0.15) is 23.9 Å². The minimum atomic E-state index is -0.640. The van der Waals surface area contributed by atoms with E-state index in [1.807, 2.05) is 13.8 Å². The third-order valence-corrected chi connectivity index (χ3v) is 9.58. The van der Waals surface area contributed by atoms with E-state index in [1.165, 1.54) is 6.92 Å². The zero-order chi connectivity index (χ0) is 25.7. The fourth-order valence-electron chi connectivity index (χ4n) is 7.33. The van der Waals surface area contributed by atoms with Gasteiger partial charge in [0.2, 0.25) is 0 Å². The van der Waals surface area contributed by atoms with E-state index in [1.54, 1.807) is 6.92 Å². The van der Waals surface area contributed by atoms with Crippen molar-refractivity contribution in [1.29, 1.82) is 0 Å². The van der Waals surface area contributed by atoms with Crippen molar-refractivity contribution in [2.24, 2.45) is 29.1 Å². The lowest BCUT2D eigenvalue weighted by Gasteiger charge is -2.50. The minimum absolute atomic E-state index is 0.0390. The Bertz CT molecular complexity index is 883. The molecule has 1 saturated heterocycles. The standard InChI is InChI=1S/C28H42O7/c1-8-24(30)33-21-12-18-13-22(34-25(31)9-2)28(7)23(35-28)14-20(32-17(5)29)16(4)19-10-11-27(21,6)26(19)15(18)3/h16,18-23,26H,3,8-14H2,1-2,4-7H3. The summed E-state index contributed by atoms with van der Waals surface area (Å²) in [4.78, 5) is 36.9. The van der Waals surface area contributed by atoms with Gasteiger partial charge in [-0.05, 0) is 56.3 Å². The van der Waals surface area contributed by atoms with Crippen LogP contribution in [0.2, 0.25) is 0 Å². The van der Waals surface area contributed by atoms with Crippen molar-refractivity contribution in [2.75, 3.05) is 0 Å². The zero-order valence-corrected chi connectivity index (χ0v) is 22.1. The second kappa shape index (κ2) is 9.53. The fourth-order valence-corrected chi connectivity index (χ4v) is 7.33. The summed E-state index contributed by atoms with van der Waals surface area (Å²) in [5, 5.41) is 0. The van der Waals surface area contributed by atoms with E-state index in [4.69, 9.17) is 18.9 Å². The Morgan fingerprint density at radius 3 is 2.20 bits per heavy atom. The summed E-state index contributed by atoms with van der Waals surface area (Å²) in [7, 11) is 0. The van der Waals surface area contributed by atoms with Gasteiger partial charge in [0.15, 0.2) is 0 Å². The topological polar surface area (TPSA) is 91.4 Å². The molecule has 10 unspecified atom stereocenters. The van der Waals surface area contributed by atoms with E-state index < -0.39 is 11.7 Å². The molecule has 0 aromatic heterocycles. The highest BCUT2D eigenvalue weighted by atomic mass is 16.6. The van der Waals surface area contributed by atoms with Crippen LogP contribution in [0.4, 0.5) is 0 Å². The van der Waals surface area contributed by atoms with E-state index >= 15 is 0 Å². The summed E-state index contributed by atoms with van der Waals surface area (Å²) < 4.78 is 24.1. The van der Waals surface area contributed by atoms with Crippen LogP contribution in [0.5, 0.6) is 0 Å². The molecular weight excluding hydrogens is 448 g/mol. The SMILES string of the molecule is C=C1C2CC(OC(=O)CC)C3(C)CCC(C(C)C(OC(C)=O)CC4OC4(C)C(OC(=O)CC)C2)C13. The van der Waals surface area contributed by atoms with Crippen LogP contribution in [0.25, 0.3) is 0 Å². The second-order valence-corrected chi connectivity index (χ2v) is 11.6. The first-order valence-corrected chi connectivity index (χ1v) is 13.4. The Labute approximate surface area is 209 Å². The van der Waals surface area contributed by atoms with Gasteiger partial charge in [0.05, 0.1) is 6.10 Å². The third kappa shape index (κ3) is 4.65. The van der Waals surface area contributed by atoms with Gasteiger partial charge in [-0.25, -0.2) is 0 Å². The molecule has 0 aromatic carbocycles. The molecule has 0 N–H and O–H groups in total. The Morgan fingerprint density at radius 2 is 1.60 bits per heavy atom. The first-order chi connectivity index (χ1) is 16.4. The largest absolute Gasteiger partial charge is 0.462 e. The van der Waals surface area contributed by atoms with Crippen molar-refractivity contribution < 1.29 is 33.3 Å². The highest BCUT2D eigenvalue weighted by Gasteiger charge is 2.64. The van der Waals surface area contributed by atoms with Crippen molar-refractivity contribution in [3.05, 3.63) is 12.2 Å². The van der Waals surface area contributed by atoms with E-state index in [0.29, 0.717) is 25.7 Å². The average molecular weight is 491 g/mol. The molecule has 1 aliphatic heterocycles. The van der Waals surface area contributed by atoms with Crippen molar-refractivity contribution in [2.45, 2.75) is 117 Å². The molecule has 7 heteroatoms. The minimum Gasteiger partial charge on any atom is -0.462 e. The first kappa shape index (κ1) is 26.2. The van der Waals surface area contributed by atoms with Crippen LogP contribution in [0.1, 0.15) is 86.5 Å². The van der Waals surface area contributed by atoms with Gasteiger partial charge in [0, 0.05) is 31.6 Å². The molecule has 3 aliphatic carbocycles. The average Bonchev–Trinajstić information content (AvgIpc) is 3.31. The molecule has 0 radical (unpaired) electrons. The lowest BCUT2D eigenvalue weighted by atomic mass is 9.58. The Kier molecular flexibility index (Phi) is 7.13. The summed E-state index contributed by atoms with van der Waals surface area (Å²) >= 11 is 0. The van der Waals surface area contributed by atoms with E-state index in [9.17, 15) is 14.4 Å². The lowest BCUT2D eigenvalue weighted by Crippen LogP contribution is -2.49. The number of allylic oxidation sites excluding steroid dienone is 1. The fraction of sp³-hybridized carbons (Fsp3) is 0.821. The van der Waals surface area contributed by atoms with E-state index in [0.717, 1.165) is 18.4 Å². The molecule has 3 saturated carbocycles. The predicted octanol–water partition coefficient (Wildman–Crippen LogP) is 4.76. The van der Waals surface area contributed by atoms with Gasteiger partial charge in [-0.1, -0.05) is 39.8 Å². The van der Waals surface area contributed by atoms with Gasteiger partial charge in [0.25, 0.3) is 0 Å². The summed E-state index contributed by atoms with van der Waals surface area (Å²) in [6.07, 6.45) is 3.21. The predicted molar refractivity (Wildman–Crippen MR) is 129 cm³/mol. The number of hydrogen-bond acceptors (Lipinski definition) is 7. The second-order valence-electron chi connectivity index (χ2n) is 11.6. The normalized spacial score (nSPS) is 44.5. The summed E-state index contributed by atoms with van der Waals surface area (Å²) in [6, 6.07) is 0. The van der Waals surface area contributed by atoms with Gasteiger partial charge >= 0.3 is 17.9 Å². The Balaban J connectivity index is 1.76. The molecule has 10 atom stereocenters. The quantitative estimate of drug-likeness (QED) is 0.237. The molecule has 4 rings (SSSR count). The lowest BCUT2D eigenvalue weighted by molar-refractivity contribution is -0.164. The van der Waals surface area contributed by atoms with Crippen LogP contribution in [0.3, 0.4) is 0 Å². The van der Waals surface area contributed by atoms with Crippen molar-refractivity contribution in [3.63, 3.8) is 0 Å². The third-order valence-electron chi connectivity index (χ3n) is 9.58. The maximum Gasteiger partial charge on any atom is 0.305 e. The maximum atomic E-state index is 12.4. The van der Waals surface area contributed by atoms with E-state index in [-0.39, 0.29) is 71.7 Å². The molecule has 7 nitrogen and oxygen atoms in total. The molecule has 196 valence electrons. The van der Waals surface area contributed by atoms with Gasteiger partial charge in [-0.15, -0.1) is 0 Å². The molecule has 4 fully saturated rings. The van der Waals surface area contributed by atoms with Gasteiger partial charge in [-0.3, -0.25) is 14.4 Å². The number of fused-ring (bicyclic) bond motifs is 2. The monoisotopic (exact) mass is 490 g/mol. The Morgan fingerprint density at radius 1 is 1.00 bits per heavy atom. The number of hydrogen-bond donors (Lipinski definition) is 0. The van der Waals surface area contributed by atoms with Crippen molar-refractivity contribution >= 4 is 17.9 Å². The number of carbonyl (C=O) groups is 3. The van der Waals surface area contributed by atoms with E-state index in [2.05, 4.69) is 20.4 Å². The zero-order valence-electron chi connectivity index (χ0n) is 22.1. The van der Waals surface area contributed by atoms with Crippen LogP contribution in [0, 0.1) is 29.1 Å². The highest BCUT2D eigenvalue weighted by molar-refractivity contribution is 5.69. The first-order valence-electron chi connectivity index (χ1n) is 13.4. The van der Waals surface area contributed by atoms with Crippen LogP contribution < -0.4 is 0 Å². The van der Waals surface area contributed by atoms with Crippen molar-refractivity contribution in [3.8, 4) is 0 Å².